The number of rotatable bonds is 4. The van der Waals surface area contributed by atoms with Crippen molar-refractivity contribution < 1.29 is 9.21 Å². The highest BCUT2D eigenvalue weighted by Crippen LogP contribution is 2.19. The Balaban J connectivity index is 1.77. The zero-order valence-electron chi connectivity index (χ0n) is 13.6. The molecule has 3 aromatic heterocycles. The number of aromatic nitrogens is 4. The quantitative estimate of drug-likeness (QED) is 0.801. The lowest BCUT2D eigenvalue weighted by molar-refractivity contribution is 0.0779. The maximum absolute atomic E-state index is 12.5. The van der Waals surface area contributed by atoms with E-state index in [0.29, 0.717) is 23.7 Å². The number of furan rings is 1. The van der Waals surface area contributed by atoms with Crippen LogP contribution in [-0.4, -0.2) is 37.8 Å². The Morgan fingerprint density at radius 1 is 1.43 bits per heavy atom. The van der Waals surface area contributed by atoms with Crippen LogP contribution in [0.4, 0.5) is 0 Å². The number of carbonyl (C=O) groups excluding carboxylic acids is 1. The lowest BCUT2D eigenvalue weighted by Gasteiger charge is -2.16. The summed E-state index contributed by atoms with van der Waals surface area (Å²) >= 11 is 0. The van der Waals surface area contributed by atoms with Crippen LogP contribution in [0.5, 0.6) is 0 Å². The van der Waals surface area contributed by atoms with E-state index in [2.05, 4.69) is 15.3 Å². The number of nitrogens with one attached hydrogen (secondary N) is 1. The molecule has 0 aliphatic rings. The van der Waals surface area contributed by atoms with Crippen molar-refractivity contribution in [3.05, 3.63) is 47.1 Å². The average molecular weight is 313 g/mol. The van der Waals surface area contributed by atoms with Gasteiger partial charge in [-0.15, -0.1) is 0 Å². The minimum atomic E-state index is -0.151. The highest BCUT2D eigenvalue weighted by molar-refractivity contribution is 5.93. The second-order valence-electron chi connectivity index (χ2n) is 5.58. The molecule has 3 heterocycles. The Bertz CT molecular complexity index is 829. The Kier molecular flexibility index (Phi) is 3.77. The van der Waals surface area contributed by atoms with Gasteiger partial charge < -0.3 is 9.32 Å². The number of nitrogens with zero attached hydrogens (tertiary/aromatic N) is 4. The second-order valence-corrected chi connectivity index (χ2v) is 5.58. The van der Waals surface area contributed by atoms with Gasteiger partial charge >= 0.3 is 0 Å². The summed E-state index contributed by atoms with van der Waals surface area (Å²) in [6.45, 7) is 4.44. The number of carbonyl (C=O) groups is 1. The third-order valence-corrected chi connectivity index (χ3v) is 3.98. The van der Waals surface area contributed by atoms with Gasteiger partial charge in [-0.2, -0.15) is 10.2 Å². The van der Waals surface area contributed by atoms with Crippen molar-refractivity contribution in [2.75, 3.05) is 7.05 Å². The van der Waals surface area contributed by atoms with E-state index in [1.165, 1.54) is 0 Å². The molecule has 0 fully saturated rings. The molecule has 0 bridgehead atoms. The normalized spacial score (nSPS) is 11.0. The van der Waals surface area contributed by atoms with E-state index in [1.54, 1.807) is 30.3 Å². The van der Waals surface area contributed by atoms with E-state index in [9.17, 15) is 4.79 Å². The van der Waals surface area contributed by atoms with Crippen LogP contribution in [0.25, 0.3) is 11.5 Å². The first-order valence-corrected chi connectivity index (χ1v) is 7.31. The Morgan fingerprint density at radius 3 is 2.83 bits per heavy atom. The predicted molar refractivity (Wildman–Crippen MR) is 84.8 cm³/mol. The van der Waals surface area contributed by atoms with Crippen LogP contribution in [0.2, 0.25) is 0 Å². The van der Waals surface area contributed by atoms with Crippen molar-refractivity contribution in [3.63, 3.8) is 0 Å². The lowest BCUT2D eigenvalue weighted by Crippen LogP contribution is -2.27. The van der Waals surface area contributed by atoms with Gasteiger partial charge in [0.15, 0.2) is 11.5 Å². The van der Waals surface area contributed by atoms with Crippen molar-refractivity contribution >= 4 is 5.91 Å². The number of hydrogen-bond donors (Lipinski definition) is 1. The van der Waals surface area contributed by atoms with Crippen molar-refractivity contribution in [3.8, 4) is 11.5 Å². The van der Waals surface area contributed by atoms with Crippen LogP contribution in [0.3, 0.4) is 0 Å². The van der Waals surface area contributed by atoms with Crippen molar-refractivity contribution in [2.45, 2.75) is 20.4 Å². The molecule has 0 atom stereocenters. The molecule has 0 unspecified atom stereocenters. The molecule has 1 N–H and O–H groups in total. The highest BCUT2D eigenvalue weighted by Gasteiger charge is 2.19. The summed E-state index contributed by atoms with van der Waals surface area (Å²) in [5.41, 5.74) is 4.09. The number of amides is 1. The molecule has 3 aromatic rings. The summed E-state index contributed by atoms with van der Waals surface area (Å²) in [7, 11) is 3.66. The van der Waals surface area contributed by atoms with Crippen LogP contribution < -0.4 is 0 Å². The predicted octanol–water partition coefficient (Wildman–Crippen LogP) is 2.29. The average Bonchev–Trinajstić information content (AvgIpc) is 3.23. The first kappa shape index (κ1) is 15.1. The molecular weight excluding hydrogens is 294 g/mol. The summed E-state index contributed by atoms with van der Waals surface area (Å²) in [6, 6.07) is 5.30. The van der Waals surface area contributed by atoms with Crippen LogP contribution in [0.1, 0.15) is 27.4 Å². The first-order valence-electron chi connectivity index (χ1n) is 7.31. The van der Waals surface area contributed by atoms with Gasteiger partial charge in [-0.3, -0.25) is 14.6 Å². The molecule has 0 spiro atoms. The standard InChI is InChI=1S/C16H19N5O2/c1-10-12(11(2)21(4)19-10)9-20(3)16(22)14-8-13(17-18-14)15-6-5-7-23-15/h5-8H,9H2,1-4H3,(H,17,18). The van der Waals surface area contributed by atoms with Gasteiger partial charge in [0.25, 0.3) is 5.91 Å². The van der Waals surface area contributed by atoms with Crippen LogP contribution in [0, 0.1) is 13.8 Å². The Hall–Kier alpha value is -2.83. The van der Waals surface area contributed by atoms with E-state index < -0.39 is 0 Å². The molecule has 23 heavy (non-hydrogen) atoms. The van der Waals surface area contributed by atoms with Gasteiger partial charge in [0, 0.05) is 38.0 Å². The number of hydrogen-bond acceptors (Lipinski definition) is 4. The van der Waals surface area contributed by atoms with Gasteiger partial charge in [-0.05, 0) is 26.0 Å². The minimum Gasteiger partial charge on any atom is -0.463 e. The highest BCUT2D eigenvalue weighted by atomic mass is 16.3. The summed E-state index contributed by atoms with van der Waals surface area (Å²) < 4.78 is 7.12. The first-order chi connectivity index (χ1) is 11.0. The molecule has 0 aromatic carbocycles. The van der Waals surface area contributed by atoms with Crippen LogP contribution >= 0.6 is 0 Å². The third-order valence-electron chi connectivity index (χ3n) is 3.98. The zero-order valence-corrected chi connectivity index (χ0v) is 13.6. The number of aryl methyl sites for hydroxylation is 2. The van der Waals surface area contributed by atoms with E-state index in [-0.39, 0.29) is 5.91 Å². The molecule has 7 heteroatoms. The molecule has 1 amide bonds. The van der Waals surface area contributed by atoms with Gasteiger partial charge in [-0.25, -0.2) is 0 Å². The number of H-pyrrole nitrogens is 1. The van der Waals surface area contributed by atoms with Gasteiger partial charge in [0.1, 0.15) is 5.69 Å². The summed E-state index contributed by atoms with van der Waals surface area (Å²) in [5.74, 6) is 0.500. The molecule has 0 radical (unpaired) electrons. The Morgan fingerprint density at radius 2 is 2.22 bits per heavy atom. The number of aromatic amines is 1. The molecule has 7 nitrogen and oxygen atoms in total. The molecule has 0 aliphatic carbocycles. The van der Waals surface area contributed by atoms with Gasteiger partial charge in [-0.1, -0.05) is 0 Å². The lowest BCUT2D eigenvalue weighted by atomic mass is 10.2. The molecule has 0 saturated carbocycles. The monoisotopic (exact) mass is 313 g/mol. The van der Waals surface area contributed by atoms with Gasteiger partial charge in [0.05, 0.1) is 12.0 Å². The molecule has 0 aliphatic heterocycles. The maximum atomic E-state index is 12.5. The van der Waals surface area contributed by atoms with Crippen molar-refractivity contribution in [2.24, 2.45) is 7.05 Å². The van der Waals surface area contributed by atoms with Gasteiger partial charge in [0.2, 0.25) is 0 Å². The second kappa shape index (κ2) is 5.75. The molecule has 0 saturated heterocycles. The smallest absolute Gasteiger partial charge is 0.274 e. The third kappa shape index (κ3) is 2.77. The van der Waals surface area contributed by atoms with E-state index in [0.717, 1.165) is 17.0 Å². The minimum absolute atomic E-state index is 0.151. The fourth-order valence-electron chi connectivity index (χ4n) is 2.54. The van der Waals surface area contributed by atoms with Crippen molar-refractivity contribution in [1.82, 2.24) is 24.9 Å². The fraction of sp³-hybridized carbons (Fsp3) is 0.312. The topological polar surface area (TPSA) is 80.0 Å². The van der Waals surface area contributed by atoms with E-state index in [1.807, 2.05) is 31.6 Å². The maximum Gasteiger partial charge on any atom is 0.274 e. The summed E-state index contributed by atoms with van der Waals surface area (Å²) in [5, 5.41) is 11.3. The van der Waals surface area contributed by atoms with E-state index >= 15 is 0 Å². The largest absolute Gasteiger partial charge is 0.463 e. The fourth-order valence-corrected chi connectivity index (χ4v) is 2.54. The Labute approximate surface area is 133 Å². The van der Waals surface area contributed by atoms with E-state index in [4.69, 9.17) is 4.42 Å². The van der Waals surface area contributed by atoms with Crippen molar-refractivity contribution in [1.29, 1.82) is 0 Å². The van der Waals surface area contributed by atoms with Crippen LogP contribution in [-0.2, 0) is 13.6 Å². The SMILES string of the molecule is Cc1nn(C)c(C)c1CN(C)C(=O)c1cc(-c2ccco2)[nH]n1. The van der Waals surface area contributed by atoms with Crippen LogP contribution in [0.15, 0.2) is 28.9 Å². The summed E-state index contributed by atoms with van der Waals surface area (Å²) in [4.78, 5) is 14.2. The molecule has 3 rings (SSSR count). The molecule has 120 valence electrons. The summed E-state index contributed by atoms with van der Waals surface area (Å²) in [6.07, 6.45) is 1.58. The molecular formula is C16H19N5O2. The zero-order chi connectivity index (χ0) is 16.6.